The van der Waals surface area contributed by atoms with Crippen LogP contribution < -0.4 is 10.1 Å². The van der Waals surface area contributed by atoms with E-state index in [0.29, 0.717) is 28.9 Å². The van der Waals surface area contributed by atoms with Crippen LogP contribution >= 0.6 is 0 Å². The number of aryl methyl sites for hydroxylation is 1. The molecule has 0 saturated heterocycles. The van der Waals surface area contributed by atoms with Gasteiger partial charge in [0.1, 0.15) is 17.3 Å². The first kappa shape index (κ1) is 20.8. The van der Waals surface area contributed by atoms with Crippen LogP contribution in [-0.4, -0.2) is 38.2 Å². The SMILES string of the molecule is Cc1nc2ccc(-c3c[nH]c4nc(Nc5ccc6c(c5)C=NC6=O)nc(OC5CCCC5)c34)cc2o1. The van der Waals surface area contributed by atoms with E-state index in [0.717, 1.165) is 64.5 Å². The Bertz CT molecular complexity index is 1690. The van der Waals surface area contributed by atoms with Gasteiger partial charge in [-0.25, -0.2) is 9.98 Å². The molecule has 5 aromatic rings. The number of carbonyl (C=O) groups is 1. The van der Waals surface area contributed by atoms with E-state index in [-0.39, 0.29) is 12.0 Å². The lowest BCUT2D eigenvalue weighted by atomic mass is 10.1. The van der Waals surface area contributed by atoms with Gasteiger partial charge in [0, 0.05) is 36.1 Å². The fourth-order valence-electron chi connectivity index (χ4n) is 5.01. The number of nitrogens with one attached hydrogen (secondary N) is 2. The molecule has 3 aromatic heterocycles. The summed E-state index contributed by atoms with van der Waals surface area (Å²) in [5, 5.41) is 4.09. The van der Waals surface area contributed by atoms with Gasteiger partial charge in [-0.15, -0.1) is 0 Å². The minimum Gasteiger partial charge on any atom is -0.474 e. The van der Waals surface area contributed by atoms with Gasteiger partial charge < -0.3 is 19.5 Å². The van der Waals surface area contributed by atoms with Gasteiger partial charge >= 0.3 is 0 Å². The zero-order valence-corrected chi connectivity index (χ0v) is 19.5. The minimum absolute atomic E-state index is 0.125. The van der Waals surface area contributed by atoms with E-state index in [1.807, 2.05) is 43.5 Å². The summed E-state index contributed by atoms with van der Waals surface area (Å²) in [4.78, 5) is 32.9. The molecule has 0 bridgehead atoms. The molecule has 1 amide bonds. The van der Waals surface area contributed by atoms with Gasteiger partial charge in [0.15, 0.2) is 11.5 Å². The number of ether oxygens (including phenoxy) is 1. The number of oxazole rings is 1. The second-order valence-corrected chi connectivity index (χ2v) is 9.21. The molecular weight excluding hydrogens is 456 g/mol. The average Bonchev–Trinajstić information content (AvgIpc) is 3.65. The highest BCUT2D eigenvalue weighted by Gasteiger charge is 2.23. The van der Waals surface area contributed by atoms with Crippen molar-refractivity contribution in [2.45, 2.75) is 38.7 Å². The molecule has 2 aliphatic rings. The van der Waals surface area contributed by atoms with Crippen molar-refractivity contribution in [1.82, 2.24) is 19.9 Å². The molecule has 9 nitrogen and oxygen atoms in total. The summed E-state index contributed by atoms with van der Waals surface area (Å²) < 4.78 is 12.2. The predicted octanol–water partition coefficient (Wildman–Crippen LogP) is 5.71. The zero-order chi connectivity index (χ0) is 24.2. The summed E-state index contributed by atoms with van der Waals surface area (Å²) in [5.74, 6) is 1.36. The molecule has 2 N–H and O–H groups in total. The third-order valence-corrected chi connectivity index (χ3v) is 6.74. The monoisotopic (exact) mass is 478 g/mol. The van der Waals surface area contributed by atoms with E-state index in [2.05, 4.69) is 20.3 Å². The smallest absolute Gasteiger partial charge is 0.277 e. The maximum atomic E-state index is 11.8. The Kier molecular flexibility index (Phi) is 4.63. The number of aromatic nitrogens is 4. The molecule has 178 valence electrons. The highest BCUT2D eigenvalue weighted by Crippen LogP contribution is 2.37. The largest absolute Gasteiger partial charge is 0.474 e. The molecular formula is C27H22N6O3. The molecule has 1 saturated carbocycles. The maximum Gasteiger partial charge on any atom is 0.277 e. The van der Waals surface area contributed by atoms with Crippen molar-refractivity contribution >= 4 is 45.9 Å². The first-order chi connectivity index (χ1) is 17.6. The van der Waals surface area contributed by atoms with Gasteiger partial charge in [-0.1, -0.05) is 6.07 Å². The third kappa shape index (κ3) is 3.51. The standard InChI is InChI=1S/C27H22N6O3/c1-14-30-21-9-6-15(11-22(21)35-14)20-13-28-24-23(20)26(36-18-4-2-3-5-18)33-27(32-24)31-17-7-8-19-16(10-17)12-29-25(19)34/h6-13,18H,2-5H2,1H3,(H2,28,31,32,33). The number of amides is 1. The Morgan fingerprint density at radius 2 is 1.94 bits per heavy atom. The number of anilines is 2. The Labute approximate surface area is 205 Å². The second-order valence-electron chi connectivity index (χ2n) is 9.21. The number of aromatic amines is 1. The zero-order valence-electron chi connectivity index (χ0n) is 19.5. The number of benzene rings is 2. The summed E-state index contributed by atoms with van der Waals surface area (Å²) in [6, 6.07) is 11.4. The van der Waals surface area contributed by atoms with E-state index in [4.69, 9.17) is 19.1 Å². The Morgan fingerprint density at radius 3 is 2.83 bits per heavy atom. The van der Waals surface area contributed by atoms with Crippen LogP contribution in [0.3, 0.4) is 0 Å². The van der Waals surface area contributed by atoms with E-state index in [1.165, 1.54) is 0 Å². The minimum atomic E-state index is -0.223. The summed E-state index contributed by atoms with van der Waals surface area (Å²) in [5.41, 5.74) is 6.25. The molecule has 1 aliphatic heterocycles. The lowest BCUT2D eigenvalue weighted by Gasteiger charge is -2.15. The van der Waals surface area contributed by atoms with Crippen molar-refractivity contribution in [3.05, 3.63) is 59.6 Å². The van der Waals surface area contributed by atoms with Crippen LogP contribution in [0.25, 0.3) is 33.3 Å². The van der Waals surface area contributed by atoms with Crippen LogP contribution in [0.1, 0.15) is 47.5 Å². The van der Waals surface area contributed by atoms with Crippen molar-refractivity contribution < 1.29 is 13.9 Å². The van der Waals surface area contributed by atoms with E-state index >= 15 is 0 Å². The van der Waals surface area contributed by atoms with E-state index < -0.39 is 0 Å². The topological polar surface area (TPSA) is 118 Å². The fraction of sp³-hybridized carbons (Fsp3) is 0.222. The van der Waals surface area contributed by atoms with Crippen molar-refractivity contribution in [3.63, 3.8) is 0 Å². The van der Waals surface area contributed by atoms with Crippen molar-refractivity contribution in [1.29, 1.82) is 0 Å². The van der Waals surface area contributed by atoms with Gasteiger partial charge in [0.25, 0.3) is 5.91 Å². The number of carbonyl (C=O) groups excluding carboxylic acids is 1. The number of fused-ring (bicyclic) bond motifs is 3. The average molecular weight is 479 g/mol. The van der Waals surface area contributed by atoms with Gasteiger partial charge in [-0.2, -0.15) is 9.97 Å². The third-order valence-electron chi connectivity index (χ3n) is 6.74. The van der Waals surface area contributed by atoms with Crippen LogP contribution in [-0.2, 0) is 0 Å². The molecule has 7 rings (SSSR count). The summed E-state index contributed by atoms with van der Waals surface area (Å²) >= 11 is 0. The number of nitrogens with zero attached hydrogens (tertiary/aromatic N) is 4. The first-order valence-corrected chi connectivity index (χ1v) is 12.0. The highest BCUT2D eigenvalue weighted by atomic mass is 16.5. The first-order valence-electron chi connectivity index (χ1n) is 12.0. The number of aliphatic imine (C=N–C) groups is 1. The summed E-state index contributed by atoms with van der Waals surface area (Å²) in [6.07, 6.45) is 7.95. The molecule has 0 atom stereocenters. The van der Waals surface area contributed by atoms with E-state index in [9.17, 15) is 4.79 Å². The molecule has 1 fully saturated rings. The van der Waals surface area contributed by atoms with E-state index in [1.54, 1.807) is 12.3 Å². The summed E-state index contributed by atoms with van der Waals surface area (Å²) in [6.45, 7) is 1.84. The normalized spacial score (nSPS) is 15.3. The molecule has 2 aromatic carbocycles. The van der Waals surface area contributed by atoms with Gasteiger partial charge in [0.2, 0.25) is 11.8 Å². The van der Waals surface area contributed by atoms with Crippen LogP contribution in [0, 0.1) is 6.92 Å². The second kappa shape index (κ2) is 8.01. The lowest BCUT2D eigenvalue weighted by molar-refractivity contribution is 0.101. The number of rotatable bonds is 5. The molecule has 1 aliphatic carbocycles. The predicted molar refractivity (Wildman–Crippen MR) is 136 cm³/mol. The van der Waals surface area contributed by atoms with Crippen molar-refractivity contribution in [2.75, 3.05) is 5.32 Å². The molecule has 4 heterocycles. The van der Waals surface area contributed by atoms with Crippen LogP contribution in [0.5, 0.6) is 5.88 Å². The molecule has 0 radical (unpaired) electrons. The van der Waals surface area contributed by atoms with Crippen LogP contribution in [0.15, 0.2) is 52.0 Å². The van der Waals surface area contributed by atoms with Gasteiger partial charge in [-0.3, -0.25) is 4.79 Å². The van der Waals surface area contributed by atoms with Crippen molar-refractivity contribution in [2.24, 2.45) is 4.99 Å². The Balaban J connectivity index is 1.31. The maximum absolute atomic E-state index is 11.8. The molecule has 0 unspecified atom stereocenters. The Hall–Kier alpha value is -4.53. The molecule has 0 spiro atoms. The number of hydrogen-bond donors (Lipinski definition) is 2. The molecule has 36 heavy (non-hydrogen) atoms. The summed E-state index contributed by atoms with van der Waals surface area (Å²) in [7, 11) is 0. The number of H-pyrrole nitrogens is 1. The fourth-order valence-corrected chi connectivity index (χ4v) is 5.01. The van der Waals surface area contributed by atoms with Crippen LogP contribution in [0.4, 0.5) is 11.6 Å². The van der Waals surface area contributed by atoms with Gasteiger partial charge in [-0.05, 0) is 61.6 Å². The quantitative estimate of drug-likeness (QED) is 0.332. The van der Waals surface area contributed by atoms with Gasteiger partial charge in [0.05, 0.1) is 10.9 Å². The van der Waals surface area contributed by atoms with Crippen molar-refractivity contribution in [3.8, 4) is 17.0 Å². The lowest BCUT2D eigenvalue weighted by Crippen LogP contribution is -2.13. The number of hydrogen-bond acceptors (Lipinski definition) is 7. The Morgan fingerprint density at radius 1 is 1.06 bits per heavy atom. The molecule has 9 heteroatoms. The highest BCUT2D eigenvalue weighted by molar-refractivity contribution is 6.13. The van der Waals surface area contributed by atoms with Crippen LogP contribution in [0.2, 0.25) is 0 Å².